The summed E-state index contributed by atoms with van der Waals surface area (Å²) in [5.41, 5.74) is 4.16. The Kier molecular flexibility index (Phi) is 5.40. The molecule has 1 atom stereocenters. The van der Waals surface area contributed by atoms with Gasteiger partial charge in [-0.1, -0.05) is 18.2 Å². The van der Waals surface area contributed by atoms with E-state index >= 15 is 0 Å². The molecule has 1 amide bonds. The molecule has 0 bridgehead atoms. The molecular formula is C15H18N2O4S2. The van der Waals surface area contributed by atoms with Crippen molar-refractivity contribution in [2.24, 2.45) is 0 Å². The predicted octanol–water partition coefficient (Wildman–Crippen LogP) is 2.14. The third-order valence-electron chi connectivity index (χ3n) is 3.30. The van der Waals surface area contributed by atoms with Crippen LogP contribution >= 0.6 is 11.3 Å². The van der Waals surface area contributed by atoms with Gasteiger partial charge in [0.15, 0.2) is 6.10 Å². The van der Waals surface area contributed by atoms with E-state index in [1.165, 1.54) is 6.07 Å². The van der Waals surface area contributed by atoms with Crippen LogP contribution in [0.25, 0.3) is 0 Å². The number of ether oxygens (including phenoxy) is 1. The van der Waals surface area contributed by atoms with Crippen LogP contribution in [0.5, 0.6) is 5.75 Å². The zero-order valence-electron chi connectivity index (χ0n) is 13.0. The van der Waals surface area contributed by atoms with Gasteiger partial charge in [-0.25, -0.2) is 8.42 Å². The lowest BCUT2D eigenvalue weighted by Gasteiger charge is -2.17. The molecule has 0 unspecified atom stereocenters. The van der Waals surface area contributed by atoms with Crippen molar-refractivity contribution in [3.05, 3.63) is 46.8 Å². The van der Waals surface area contributed by atoms with E-state index in [0.29, 0.717) is 5.75 Å². The Hall–Kier alpha value is -1.90. The third kappa shape index (κ3) is 4.31. The maximum Gasteiger partial charge on any atom is 0.275 e. The number of carbonyl (C=O) groups is 1. The van der Waals surface area contributed by atoms with Crippen LogP contribution in [0.2, 0.25) is 0 Å². The number of thiophene rings is 1. The number of nitrogens with one attached hydrogen (secondary N) is 2. The highest BCUT2D eigenvalue weighted by molar-refractivity contribution is 7.91. The predicted molar refractivity (Wildman–Crippen MR) is 88.8 cm³/mol. The van der Waals surface area contributed by atoms with Gasteiger partial charge in [-0.05, 0) is 49.4 Å². The van der Waals surface area contributed by atoms with Gasteiger partial charge in [0, 0.05) is 0 Å². The largest absolute Gasteiger partial charge is 0.481 e. The number of benzene rings is 1. The van der Waals surface area contributed by atoms with Crippen LogP contribution in [0.15, 0.2) is 39.9 Å². The molecule has 6 nitrogen and oxygen atoms in total. The van der Waals surface area contributed by atoms with Crippen molar-refractivity contribution >= 4 is 27.3 Å². The van der Waals surface area contributed by atoms with E-state index in [1.54, 1.807) is 24.4 Å². The quantitative estimate of drug-likeness (QED) is 0.779. The van der Waals surface area contributed by atoms with Gasteiger partial charge in [0.05, 0.1) is 0 Å². The van der Waals surface area contributed by atoms with Gasteiger partial charge >= 0.3 is 0 Å². The third-order valence-corrected chi connectivity index (χ3v) is 5.94. The van der Waals surface area contributed by atoms with E-state index in [-0.39, 0.29) is 4.21 Å². The van der Waals surface area contributed by atoms with Gasteiger partial charge in [-0.15, -0.1) is 16.2 Å². The highest BCUT2D eigenvalue weighted by atomic mass is 32.2. The molecule has 0 radical (unpaired) electrons. The minimum absolute atomic E-state index is 0.126. The molecule has 1 aromatic carbocycles. The molecule has 124 valence electrons. The molecule has 0 spiro atoms. The lowest BCUT2D eigenvalue weighted by atomic mass is 10.1. The first kappa shape index (κ1) is 17.5. The highest BCUT2D eigenvalue weighted by Crippen LogP contribution is 2.21. The van der Waals surface area contributed by atoms with Crippen molar-refractivity contribution in [2.45, 2.75) is 31.1 Å². The summed E-state index contributed by atoms with van der Waals surface area (Å²) in [6, 6.07) is 8.62. The topological polar surface area (TPSA) is 84.5 Å². The summed E-state index contributed by atoms with van der Waals surface area (Å²) in [5.74, 6) is 0.0137. The van der Waals surface area contributed by atoms with E-state index in [4.69, 9.17) is 4.74 Å². The Morgan fingerprint density at radius 2 is 1.96 bits per heavy atom. The zero-order valence-corrected chi connectivity index (χ0v) is 14.6. The second-order valence-electron chi connectivity index (χ2n) is 4.98. The Bertz CT molecular complexity index is 786. The molecule has 23 heavy (non-hydrogen) atoms. The Labute approximate surface area is 139 Å². The number of hydrogen-bond donors (Lipinski definition) is 2. The van der Waals surface area contributed by atoms with Gasteiger partial charge in [0.2, 0.25) is 0 Å². The average Bonchev–Trinajstić information content (AvgIpc) is 3.04. The van der Waals surface area contributed by atoms with Crippen molar-refractivity contribution in [2.75, 3.05) is 0 Å². The van der Waals surface area contributed by atoms with E-state index in [1.807, 2.05) is 26.0 Å². The molecule has 2 aromatic rings. The molecule has 0 fully saturated rings. The van der Waals surface area contributed by atoms with E-state index in [9.17, 15) is 13.2 Å². The average molecular weight is 354 g/mol. The van der Waals surface area contributed by atoms with Crippen LogP contribution in [-0.4, -0.2) is 20.4 Å². The van der Waals surface area contributed by atoms with Crippen LogP contribution in [0.1, 0.15) is 18.1 Å². The number of rotatable bonds is 6. The number of hydrogen-bond acceptors (Lipinski definition) is 5. The normalized spacial score (nSPS) is 12.7. The second-order valence-corrected chi connectivity index (χ2v) is 7.84. The molecule has 0 saturated heterocycles. The molecule has 0 aliphatic rings. The van der Waals surface area contributed by atoms with Crippen LogP contribution in [0.3, 0.4) is 0 Å². The summed E-state index contributed by atoms with van der Waals surface area (Å²) in [6.45, 7) is 5.40. The van der Waals surface area contributed by atoms with Gasteiger partial charge in [-0.2, -0.15) is 0 Å². The Morgan fingerprint density at radius 1 is 1.22 bits per heavy atom. The Balaban J connectivity index is 1.97. The number of carbonyl (C=O) groups excluding carboxylic acids is 1. The van der Waals surface area contributed by atoms with Crippen molar-refractivity contribution in [3.63, 3.8) is 0 Å². The fourth-order valence-corrected chi connectivity index (χ4v) is 3.62. The van der Waals surface area contributed by atoms with Crippen molar-refractivity contribution in [1.82, 2.24) is 10.3 Å². The molecule has 0 saturated carbocycles. The molecule has 0 aliphatic heterocycles. The number of amides is 1. The van der Waals surface area contributed by atoms with Crippen LogP contribution in [-0.2, 0) is 14.8 Å². The van der Waals surface area contributed by atoms with E-state index in [0.717, 1.165) is 22.5 Å². The maximum absolute atomic E-state index is 12.0. The molecule has 2 rings (SSSR count). The molecule has 0 aliphatic carbocycles. The van der Waals surface area contributed by atoms with E-state index < -0.39 is 22.0 Å². The van der Waals surface area contributed by atoms with E-state index in [2.05, 4.69) is 10.3 Å². The summed E-state index contributed by atoms with van der Waals surface area (Å²) in [6.07, 6.45) is -0.846. The zero-order chi connectivity index (χ0) is 17.0. The van der Waals surface area contributed by atoms with Gasteiger partial charge in [-0.3, -0.25) is 10.2 Å². The van der Waals surface area contributed by atoms with Crippen molar-refractivity contribution in [1.29, 1.82) is 0 Å². The molecule has 1 aromatic heterocycles. The molecule has 8 heteroatoms. The molecule has 2 N–H and O–H groups in total. The SMILES string of the molecule is Cc1cccc(O[C@H](C)C(=O)NNS(=O)(=O)c2cccs2)c1C. The minimum Gasteiger partial charge on any atom is -0.481 e. The standard InChI is InChI=1S/C15H18N2O4S2/c1-10-6-4-7-13(11(10)2)21-12(3)15(18)16-17-23(19,20)14-8-5-9-22-14/h4-9,12,17H,1-3H3,(H,16,18)/t12-/m1/s1. The second kappa shape index (κ2) is 7.12. The Morgan fingerprint density at radius 3 is 2.61 bits per heavy atom. The van der Waals surface area contributed by atoms with Crippen LogP contribution < -0.4 is 15.0 Å². The minimum atomic E-state index is -3.75. The summed E-state index contributed by atoms with van der Waals surface area (Å²) in [4.78, 5) is 14.1. The fraction of sp³-hybridized carbons (Fsp3) is 0.267. The van der Waals surface area contributed by atoms with Gasteiger partial charge in [0.25, 0.3) is 15.9 Å². The summed E-state index contributed by atoms with van der Waals surface area (Å²) >= 11 is 1.06. The monoisotopic (exact) mass is 354 g/mol. The van der Waals surface area contributed by atoms with Crippen molar-refractivity contribution < 1.29 is 17.9 Å². The first-order valence-electron chi connectivity index (χ1n) is 6.89. The molecular weight excluding hydrogens is 336 g/mol. The summed E-state index contributed by atoms with van der Waals surface area (Å²) in [5, 5.41) is 1.64. The number of sulfonamides is 1. The van der Waals surface area contributed by atoms with Crippen molar-refractivity contribution in [3.8, 4) is 5.75 Å². The number of aryl methyl sites for hydroxylation is 1. The first-order chi connectivity index (χ1) is 10.8. The van der Waals surface area contributed by atoms with Crippen LogP contribution in [0, 0.1) is 13.8 Å². The number of hydrazine groups is 1. The lowest BCUT2D eigenvalue weighted by Crippen LogP contribution is -2.46. The summed E-state index contributed by atoms with van der Waals surface area (Å²) < 4.78 is 29.6. The van der Waals surface area contributed by atoms with Crippen LogP contribution in [0.4, 0.5) is 0 Å². The van der Waals surface area contributed by atoms with Gasteiger partial charge < -0.3 is 4.74 Å². The lowest BCUT2D eigenvalue weighted by molar-refractivity contribution is -0.127. The first-order valence-corrected chi connectivity index (χ1v) is 9.25. The maximum atomic E-state index is 12.0. The highest BCUT2D eigenvalue weighted by Gasteiger charge is 2.20. The fourth-order valence-electron chi connectivity index (χ4n) is 1.78. The molecule has 1 heterocycles. The summed E-state index contributed by atoms with van der Waals surface area (Å²) in [7, 11) is -3.75. The van der Waals surface area contributed by atoms with Gasteiger partial charge in [0.1, 0.15) is 9.96 Å². The smallest absolute Gasteiger partial charge is 0.275 e.